The van der Waals surface area contributed by atoms with E-state index >= 15 is 0 Å². The number of likely N-dealkylation sites (tertiary alicyclic amines) is 1. The summed E-state index contributed by atoms with van der Waals surface area (Å²) in [4.78, 5) is 24.8. The number of halogens is 2. The number of alkyl halides is 2. The SMILES string of the molecule is CC(C)(OC(=O)CN1CCCCCCC1=O)C(F)F. The summed E-state index contributed by atoms with van der Waals surface area (Å²) in [5.41, 5.74) is -1.82. The maximum Gasteiger partial charge on any atom is 0.326 e. The lowest BCUT2D eigenvalue weighted by Gasteiger charge is -2.28. The molecular weight excluding hydrogens is 256 g/mol. The highest BCUT2D eigenvalue weighted by molar-refractivity contribution is 5.82. The molecule has 110 valence electrons. The van der Waals surface area contributed by atoms with Gasteiger partial charge in [0, 0.05) is 13.0 Å². The standard InChI is InChI=1S/C13H21F2NO3/c1-13(2,12(14)15)19-11(18)9-16-8-6-4-3-5-7-10(16)17/h12H,3-9H2,1-2H3. The van der Waals surface area contributed by atoms with E-state index in [1.165, 1.54) is 4.90 Å². The van der Waals surface area contributed by atoms with E-state index in [4.69, 9.17) is 4.74 Å². The molecule has 1 fully saturated rings. The molecule has 1 aliphatic heterocycles. The molecule has 6 heteroatoms. The predicted molar refractivity (Wildman–Crippen MR) is 65.8 cm³/mol. The van der Waals surface area contributed by atoms with Gasteiger partial charge in [0.25, 0.3) is 6.43 Å². The van der Waals surface area contributed by atoms with Crippen LogP contribution in [0, 0.1) is 0 Å². The van der Waals surface area contributed by atoms with Crippen molar-refractivity contribution in [2.24, 2.45) is 0 Å². The molecule has 1 amide bonds. The third-order valence-corrected chi connectivity index (χ3v) is 3.14. The molecule has 1 rings (SSSR count). The number of amides is 1. The molecule has 4 nitrogen and oxygen atoms in total. The fourth-order valence-electron chi connectivity index (χ4n) is 1.91. The number of hydrogen-bond acceptors (Lipinski definition) is 3. The van der Waals surface area contributed by atoms with Crippen molar-refractivity contribution < 1.29 is 23.1 Å². The third-order valence-electron chi connectivity index (χ3n) is 3.14. The zero-order chi connectivity index (χ0) is 14.5. The van der Waals surface area contributed by atoms with Crippen LogP contribution in [0.15, 0.2) is 0 Å². The number of hydrogen-bond donors (Lipinski definition) is 0. The minimum Gasteiger partial charge on any atom is -0.452 e. The summed E-state index contributed by atoms with van der Waals surface area (Å²) in [5.74, 6) is -0.884. The zero-order valence-corrected chi connectivity index (χ0v) is 11.5. The molecule has 0 aliphatic carbocycles. The average molecular weight is 277 g/mol. The monoisotopic (exact) mass is 277 g/mol. The van der Waals surface area contributed by atoms with E-state index in [1.807, 2.05) is 0 Å². The molecular formula is C13H21F2NO3. The van der Waals surface area contributed by atoms with E-state index in [9.17, 15) is 18.4 Å². The van der Waals surface area contributed by atoms with E-state index in [-0.39, 0.29) is 12.5 Å². The number of esters is 1. The fourth-order valence-corrected chi connectivity index (χ4v) is 1.91. The van der Waals surface area contributed by atoms with E-state index in [0.29, 0.717) is 13.0 Å². The molecule has 0 aromatic heterocycles. The van der Waals surface area contributed by atoms with Crippen molar-refractivity contribution >= 4 is 11.9 Å². The van der Waals surface area contributed by atoms with Crippen molar-refractivity contribution in [1.82, 2.24) is 4.90 Å². The van der Waals surface area contributed by atoms with Crippen LogP contribution in [-0.4, -0.2) is 41.9 Å². The van der Waals surface area contributed by atoms with Crippen molar-refractivity contribution in [1.29, 1.82) is 0 Å². The van der Waals surface area contributed by atoms with Crippen molar-refractivity contribution in [2.75, 3.05) is 13.1 Å². The van der Waals surface area contributed by atoms with Gasteiger partial charge < -0.3 is 9.64 Å². The number of nitrogens with zero attached hydrogens (tertiary/aromatic N) is 1. The Morgan fingerprint density at radius 2 is 1.95 bits per heavy atom. The molecule has 1 aliphatic rings. The van der Waals surface area contributed by atoms with Gasteiger partial charge in [0.05, 0.1) is 0 Å². The Labute approximate surface area is 112 Å². The van der Waals surface area contributed by atoms with Gasteiger partial charge in [-0.3, -0.25) is 9.59 Å². The van der Waals surface area contributed by atoms with Gasteiger partial charge >= 0.3 is 5.97 Å². The van der Waals surface area contributed by atoms with Crippen molar-refractivity contribution in [2.45, 2.75) is 58.0 Å². The maximum absolute atomic E-state index is 12.6. The van der Waals surface area contributed by atoms with Gasteiger partial charge in [-0.15, -0.1) is 0 Å². The predicted octanol–water partition coefficient (Wildman–Crippen LogP) is 2.37. The van der Waals surface area contributed by atoms with Crippen molar-refractivity contribution in [3.63, 3.8) is 0 Å². The Hall–Kier alpha value is -1.20. The smallest absolute Gasteiger partial charge is 0.326 e. The first kappa shape index (κ1) is 15.9. The summed E-state index contributed by atoms with van der Waals surface area (Å²) in [6.07, 6.45) is 1.33. The van der Waals surface area contributed by atoms with Crippen molar-refractivity contribution in [3.05, 3.63) is 0 Å². The van der Waals surface area contributed by atoms with Crippen LogP contribution in [0.2, 0.25) is 0 Å². The molecule has 0 spiro atoms. The van der Waals surface area contributed by atoms with E-state index in [0.717, 1.165) is 39.5 Å². The molecule has 0 aromatic rings. The lowest BCUT2D eigenvalue weighted by Crippen LogP contribution is -2.42. The molecule has 19 heavy (non-hydrogen) atoms. The van der Waals surface area contributed by atoms with E-state index < -0.39 is 18.0 Å². The topological polar surface area (TPSA) is 46.6 Å². The van der Waals surface area contributed by atoms with Crippen LogP contribution in [0.4, 0.5) is 8.78 Å². The minimum atomic E-state index is -2.75. The first-order chi connectivity index (χ1) is 8.83. The molecule has 0 radical (unpaired) electrons. The first-order valence-electron chi connectivity index (χ1n) is 6.60. The summed E-state index contributed by atoms with van der Waals surface area (Å²) in [5, 5.41) is 0. The largest absolute Gasteiger partial charge is 0.452 e. The summed E-state index contributed by atoms with van der Waals surface area (Å²) in [6, 6.07) is 0. The second kappa shape index (κ2) is 6.82. The van der Waals surface area contributed by atoms with Crippen LogP contribution < -0.4 is 0 Å². The minimum absolute atomic E-state index is 0.105. The van der Waals surface area contributed by atoms with E-state index in [1.54, 1.807) is 0 Å². The number of carbonyl (C=O) groups excluding carboxylic acids is 2. The molecule has 1 saturated heterocycles. The van der Waals surface area contributed by atoms with Crippen LogP contribution in [0.3, 0.4) is 0 Å². The summed E-state index contributed by atoms with van der Waals surface area (Å²) < 4.78 is 29.9. The molecule has 1 heterocycles. The van der Waals surface area contributed by atoms with Gasteiger partial charge in [0.15, 0.2) is 5.60 Å². The summed E-state index contributed by atoms with van der Waals surface area (Å²) in [6.45, 7) is 2.56. The lowest BCUT2D eigenvalue weighted by molar-refractivity contribution is -0.174. The van der Waals surface area contributed by atoms with Gasteiger partial charge in [-0.05, 0) is 26.7 Å². The molecule has 0 N–H and O–H groups in total. The Morgan fingerprint density at radius 3 is 2.58 bits per heavy atom. The van der Waals surface area contributed by atoms with Crippen LogP contribution in [-0.2, 0) is 14.3 Å². The maximum atomic E-state index is 12.6. The Morgan fingerprint density at radius 1 is 1.32 bits per heavy atom. The fraction of sp³-hybridized carbons (Fsp3) is 0.846. The highest BCUT2D eigenvalue weighted by Gasteiger charge is 2.34. The van der Waals surface area contributed by atoms with Gasteiger partial charge in [-0.2, -0.15) is 0 Å². The van der Waals surface area contributed by atoms with Gasteiger partial charge in [0.2, 0.25) is 5.91 Å². The second-order valence-corrected chi connectivity index (χ2v) is 5.36. The first-order valence-corrected chi connectivity index (χ1v) is 6.60. The Bertz CT molecular complexity index is 332. The molecule has 0 atom stereocenters. The average Bonchev–Trinajstić information content (AvgIpc) is 2.28. The third kappa shape index (κ3) is 5.12. The highest BCUT2D eigenvalue weighted by atomic mass is 19.3. The zero-order valence-electron chi connectivity index (χ0n) is 11.5. The number of ether oxygens (including phenoxy) is 1. The van der Waals surface area contributed by atoms with Crippen LogP contribution >= 0.6 is 0 Å². The molecule has 0 bridgehead atoms. The normalized spacial score (nSPS) is 18.2. The van der Waals surface area contributed by atoms with Crippen LogP contribution in [0.5, 0.6) is 0 Å². The molecule has 0 aromatic carbocycles. The molecule has 0 unspecified atom stereocenters. The second-order valence-electron chi connectivity index (χ2n) is 5.36. The summed E-state index contributed by atoms with van der Waals surface area (Å²) >= 11 is 0. The van der Waals surface area contributed by atoms with Gasteiger partial charge in [0.1, 0.15) is 6.54 Å². The highest BCUT2D eigenvalue weighted by Crippen LogP contribution is 2.20. The van der Waals surface area contributed by atoms with Gasteiger partial charge in [-0.25, -0.2) is 8.78 Å². The Balaban J connectivity index is 2.52. The van der Waals surface area contributed by atoms with Crippen LogP contribution in [0.25, 0.3) is 0 Å². The summed E-state index contributed by atoms with van der Waals surface area (Å²) in [7, 11) is 0. The lowest BCUT2D eigenvalue weighted by atomic mass is 10.1. The van der Waals surface area contributed by atoms with E-state index in [2.05, 4.69) is 0 Å². The van der Waals surface area contributed by atoms with Gasteiger partial charge in [-0.1, -0.05) is 12.8 Å². The number of rotatable bonds is 4. The van der Waals surface area contributed by atoms with Crippen LogP contribution in [0.1, 0.15) is 46.0 Å². The molecule has 0 saturated carbocycles. The quantitative estimate of drug-likeness (QED) is 0.741. The van der Waals surface area contributed by atoms with Crippen molar-refractivity contribution in [3.8, 4) is 0 Å². The number of carbonyl (C=O) groups is 2. The Kier molecular flexibility index (Phi) is 5.69.